The number of hydrogen-bond donors (Lipinski definition) is 0. The highest BCUT2D eigenvalue weighted by atomic mass is 16.5. The summed E-state index contributed by atoms with van der Waals surface area (Å²) in [6.07, 6.45) is 8.24. The summed E-state index contributed by atoms with van der Waals surface area (Å²) < 4.78 is 5.46. The van der Waals surface area contributed by atoms with Gasteiger partial charge in [-0.1, -0.05) is 25.0 Å². The number of methoxy groups -OCH3 is 1. The molecule has 15 heavy (non-hydrogen) atoms. The van der Waals surface area contributed by atoms with E-state index in [1.807, 2.05) is 0 Å². The van der Waals surface area contributed by atoms with Gasteiger partial charge in [0.15, 0.2) is 0 Å². The van der Waals surface area contributed by atoms with E-state index in [2.05, 4.69) is 18.2 Å². The van der Waals surface area contributed by atoms with Gasteiger partial charge in [0, 0.05) is 0 Å². The van der Waals surface area contributed by atoms with Gasteiger partial charge in [-0.3, -0.25) is 0 Å². The normalized spacial score (nSPS) is 21.9. The molecule has 1 heteroatoms. The van der Waals surface area contributed by atoms with Gasteiger partial charge in [-0.25, -0.2) is 0 Å². The van der Waals surface area contributed by atoms with E-state index in [0.717, 1.165) is 5.75 Å². The maximum absolute atomic E-state index is 5.46. The van der Waals surface area contributed by atoms with Gasteiger partial charge in [0.1, 0.15) is 5.75 Å². The monoisotopic (exact) mass is 202 g/mol. The molecule has 3 rings (SSSR count). The number of fused-ring (bicyclic) bond motifs is 1. The summed E-state index contributed by atoms with van der Waals surface area (Å²) in [6, 6.07) is 6.52. The Balaban J connectivity index is 1.98. The first kappa shape index (κ1) is 9.26. The standard InChI is InChI=1S/C14H18O/c1-15-13-6-4-5-11-9-14(10-12(11)13)7-2-3-8-14/h4-6H,2-3,7-10H2,1H3. The average molecular weight is 202 g/mol. The maximum Gasteiger partial charge on any atom is 0.122 e. The number of hydrogen-bond acceptors (Lipinski definition) is 1. The van der Waals surface area contributed by atoms with Gasteiger partial charge in [0.2, 0.25) is 0 Å². The minimum atomic E-state index is 0.608. The van der Waals surface area contributed by atoms with Crippen molar-refractivity contribution in [1.29, 1.82) is 0 Å². The van der Waals surface area contributed by atoms with Gasteiger partial charge in [0.05, 0.1) is 7.11 Å². The van der Waals surface area contributed by atoms with Crippen molar-refractivity contribution in [3.63, 3.8) is 0 Å². The third-order valence-corrected chi connectivity index (χ3v) is 4.23. The van der Waals surface area contributed by atoms with E-state index >= 15 is 0 Å². The molecular weight excluding hydrogens is 184 g/mol. The molecule has 2 aliphatic rings. The molecule has 80 valence electrons. The lowest BCUT2D eigenvalue weighted by atomic mass is 9.83. The summed E-state index contributed by atoms with van der Waals surface area (Å²) >= 11 is 0. The second-order valence-electron chi connectivity index (χ2n) is 5.16. The Bertz CT molecular complexity index is 375. The van der Waals surface area contributed by atoms with Crippen LogP contribution in [-0.2, 0) is 12.8 Å². The van der Waals surface area contributed by atoms with E-state index in [4.69, 9.17) is 4.74 Å². The molecule has 0 unspecified atom stereocenters. The fourth-order valence-corrected chi connectivity index (χ4v) is 3.49. The summed E-state index contributed by atoms with van der Waals surface area (Å²) in [5.74, 6) is 1.11. The van der Waals surface area contributed by atoms with Crippen LogP contribution in [0.25, 0.3) is 0 Å². The molecule has 0 bridgehead atoms. The van der Waals surface area contributed by atoms with E-state index in [1.54, 1.807) is 7.11 Å². The lowest BCUT2D eigenvalue weighted by Crippen LogP contribution is -2.15. The summed E-state index contributed by atoms with van der Waals surface area (Å²) in [4.78, 5) is 0. The second-order valence-corrected chi connectivity index (χ2v) is 5.16. The predicted molar refractivity (Wildman–Crippen MR) is 61.3 cm³/mol. The van der Waals surface area contributed by atoms with E-state index in [-0.39, 0.29) is 0 Å². The molecule has 0 aromatic heterocycles. The zero-order chi connectivity index (χ0) is 10.3. The van der Waals surface area contributed by atoms with Gasteiger partial charge < -0.3 is 4.74 Å². The third kappa shape index (κ3) is 1.37. The highest BCUT2D eigenvalue weighted by molar-refractivity contribution is 5.45. The van der Waals surface area contributed by atoms with Crippen molar-refractivity contribution in [2.45, 2.75) is 38.5 Å². The van der Waals surface area contributed by atoms with E-state index < -0.39 is 0 Å². The number of benzene rings is 1. The Hall–Kier alpha value is -0.980. The van der Waals surface area contributed by atoms with Crippen molar-refractivity contribution < 1.29 is 4.74 Å². The molecule has 0 amide bonds. The third-order valence-electron chi connectivity index (χ3n) is 4.23. The Labute approximate surface area is 91.5 Å². The van der Waals surface area contributed by atoms with Crippen molar-refractivity contribution >= 4 is 0 Å². The SMILES string of the molecule is COc1cccc2c1CC1(CCCC1)C2. The number of ether oxygens (including phenoxy) is 1. The lowest BCUT2D eigenvalue weighted by Gasteiger charge is -2.21. The van der Waals surface area contributed by atoms with Crippen molar-refractivity contribution in [3.8, 4) is 5.75 Å². The largest absolute Gasteiger partial charge is 0.496 e. The van der Waals surface area contributed by atoms with Crippen LogP contribution in [0.15, 0.2) is 18.2 Å². The molecule has 1 nitrogen and oxygen atoms in total. The van der Waals surface area contributed by atoms with E-state index in [1.165, 1.54) is 49.7 Å². The summed E-state index contributed by atoms with van der Waals surface area (Å²) in [5.41, 5.74) is 3.63. The lowest BCUT2D eigenvalue weighted by molar-refractivity contribution is 0.314. The van der Waals surface area contributed by atoms with Crippen molar-refractivity contribution in [3.05, 3.63) is 29.3 Å². The Morgan fingerprint density at radius 1 is 1.13 bits per heavy atom. The fraction of sp³-hybridized carbons (Fsp3) is 0.571. The minimum Gasteiger partial charge on any atom is -0.496 e. The van der Waals surface area contributed by atoms with Gasteiger partial charge in [-0.15, -0.1) is 0 Å². The van der Waals surface area contributed by atoms with Crippen LogP contribution in [-0.4, -0.2) is 7.11 Å². The topological polar surface area (TPSA) is 9.23 Å². The van der Waals surface area contributed by atoms with Gasteiger partial charge >= 0.3 is 0 Å². The molecule has 0 aliphatic heterocycles. The molecule has 0 heterocycles. The molecule has 1 spiro atoms. The van der Waals surface area contributed by atoms with Gasteiger partial charge in [-0.2, -0.15) is 0 Å². The summed E-state index contributed by atoms with van der Waals surface area (Å²) in [6.45, 7) is 0. The first-order chi connectivity index (χ1) is 7.33. The second kappa shape index (κ2) is 3.26. The molecule has 0 N–H and O–H groups in total. The van der Waals surface area contributed by atoms with Crippen LogP contribution in [0.3, 0.4) is 0 Å². The van der Waals surface area contributed by atoms with E-state index in [9.17, 15) is 0 Å². The molecule has 0 radical (unpaired) electrons. The molecule has 1 aromatic rings. The average Bonchev–Trinajstić information content (AvgIpc) is 2.84. The first-order valence-electron chi connectivity index (χ1n) is 5.98. The zero-order valence-electron chi connectivity index (χ0n) is 9.38. The highest BCUT2D eigenvalue weighted by Crippen LogP contribution is 2.50. The van der Waals surface area contributed by atoms with Crippen LogP contribution in [0.1, 0.15) is 36.8 Å². The molecule has 0 atom stereocenters. The predicted octanol–water partition coefficient (Wildman–Crippen LogP) is 3.35. The molecule has 1 saturated carbocycles. The van der Waals surface area contributed by atoms with Crippen LogP contribution in [0.5, 0.6) is 5.75 Å². The molecule has 1 aromatic carbocycles. The first-order valence-corrected chi connectivity index (χ1v) is 5.98. The van der Waals surface area contributed by atoms with Crippen molar-refractivity contribution in [2.24, 2.45) is 5.41 Å². The van der Waals surface area contributed by atoms with Crippen LogP contribution < -0.4 is 4.74 Å². The van der Waals surface area contributed by atoms with E-state index in [0.29, 0.717) is 5.41 Å². The Morgan fingerprint density at radius 2 is 1.93 bits per heavy atom. The summed E-state index contributed by atoms with van der Waals surface area (Å²) in [5, 5.41) is 0. The smallest absolute Gasteiger partial charge is 0.122 e. The van der Waals surface area contributed by atoms with Crippen LogP contribution in [0.2, 0.25) is 0 Å². The van der Waals surface area contributed by atoms with Crippen molar-refractivity contribution in [1.82, 2.24) is 0 Å². The Morgan fingerprint density at radius 3 is 2.67 bits per heavy atom. The summed E-state index contributed by atoms with van der Waals surface area (Å²) in [7, 11) is 1.79. The Kier molecular flexibility index (Phi) is 2.01. The quantitative estimate of drug-likeness (QED) is 0.678. The zero-order valence-corrected chi connectivity index (χ0v) is 9.38. The van der Waals surface area contributed by atoms with Crippen molar-refractivity contribution in [2.75, 3.05) is 7.11 Å². The molecule has 2 aliphatic carbocycles. The number of rotatable bonds is 1. The molecular formula is C14H18O. The molecule has 0 saturated heterocycles. The van der Waals surface area contributed by atoms with Crippen LogP contribution >= 0.6 is 0 Å². The fourth-order valence-electron chi connectivity index (χ4n) is 3.49. The molecule has 1 fully saturated rings. The van der Waals surface area contributed by atoms with Crippen LogP contribution in [0, 0.1) is 5.41 Å². The van der Waals surface area contributed by atoms with Crippen LogP contribution in [0.4, 0.5) is 0 Å². The minimum absolute atomic E-state index is 0.608. The maximum atomic E-state index is 5.46. The van der Waals surface area contributed by atoms with Gasteiger partial charge in [0.25, 0.3) is 0 Å². The van der Waals surface area contributed by atoms with Gasteiger partial charge in [-0.05, 0) is 48.3 Å². The highest BCUT2D eigenvalue weighted by Gasteiger charge is 2.40.